The third kappa shape index (κ3) is 2.74. The van der Waals surface area contributed by atoms with Crippen LogP contribution in [0.3, 0.4) is 0 Å². The van der Waals surface area contributed by atoms with Gasteiger partial charge in [0.15, 0.2) is 0 Å². The minimum Gasteiger partial charge on any atom is -0.314 e. The van der Waals surface area contributed by atoms with Gasteiger partial charge < -0.3 is 5.32 Å². The second kappa shape index (κ2) is 5.53. The minimum atomic E-state index is 0.765. The molecule has 0 amide bonds. The lowest BCUT2D eigenvalue weighted by Gasteiger charge is -2.39. The fourth-order valence-electron chi connectivity index (χ4n) is 3.87. The zero-order valence-corrected chi connectivity index (χ0v) is 10.9. The van der Waals surface area contributed by atoms with Crippen molar-refractivity contribution in [3.8, 4) is 0 Å². The monoisotopic (exact) mass is 234 g/mol. The Morgan fingerprint density at radius 3 is 2.53 bits per heavy atom. The third-order valence-electron chi connectivity index (χ3n) is 4.94. The molecule has 0 saturated carbocycles. The Bertz CT molecular complexity index is 260. The van der Waals surface area contributed by atoms with Crippen LogP contribution in [0.2, 0.25) is 0 Å². The summed E-state index contributed by atoms with van der Waals surface area (Å²) in [7, 11) is 0. The maximum atomic E-state index is 3.69. The maximum absolute atomic E-state index is 3.69. The van der Waals surface area contributed by atoms with Crippen molar-refractivity contribution in [2.24, 2.45) is 5.92 Å². The van der Waals surface area contributed by atoms with Crippen LogP contribution in [-0.4, -0.2) is 36.6 Å². The first-order chi connectivity index (χ1) is 8.43. The third-order valence-corrected chi connectivity index (χ3v) is 4.94. The molecule has 2 heteroatoms. The van der Waals surface area contributed by atoms with Crippen LogP contribution in [0.5, 0.6) is 0 Å². The SMILES string of the molecule is C1=CC(N2CCC(C3CCCN3)CC2)CCC1. The number of nitrogens with zero attached hydrogens (tertiary/aromatic N) is 1. The molecular formula is C15H26N2. The van der Waals surface area contributed by atoms with E-state index < -0.39 is 0 Å². The number of nitrogens with one attached hydrogen (secondary N) is 1. The quantitative estimate of drug-likeness (QED) is 0.739. The van der Waals surface area contributed by atoms with Gasteiger partial charge in [0, 0.05) is 12.1 Å². The van der Waals surface area contributed by atoms with Crippen LogP contribution in [0.25, 0.3) is 0 Å². The molecule has 2 aliphatic heterocycles. The summed E-state index contributed by atoms with van der Waals surface area (Å²) < 4.78 is 0. The molecule has 2 nitrogen and oxygen atoms in total. The van der Waals surface area contributed by atoms with Gasteiger partial charge in [-0.05, 0) is 70.5 Å². The first kappa shape index (κ1) is 11.7. The average Bonchev–Trinajstić information content (AvgIpc) is 2.94. The van der Waals surface area contributed by atoms with Gasteiger partial charge in [-0.2, -0.15) is 0 Å². The normalized spacial score (nSPS) is 36.5. The van der Waals surface area contributed by atoms with Crippen LogP contribution in [0.4, 0.5) is 0 Å². The zero-order chi connectivity index (χ0) is 11.5. The number of hydrogen-bond donors (Lipinski definition) is 1. The van der Waals surface area contributed by atoms with Gasteiger partial charge in [-0.25, -0.2) is 0 Å². The summed E-state index contributed by atoms with van der Waals surface area (Å²) in [5.41, 5.74) is 0. The molecule has 0 spiro atoms. The van der Waals surface area contributed by atoms with Crippen LogP contribution in [0, 0.1) is 5.92 Å². The number of hydrogen-bond acceptors (Lipinski definition) is 2. The van der Waals surface area contributed by atoms with Crippen LogP contribution in [0.1, 0.15) is 44.9 Å². The standard InChI is InChI=1S/C15H26N2/c1-2-5-14(6-3-1)17-11-8-13(9-12-17)15-7-4-10-16-15/h2,5,13-16H,1,3-4,6-12H2. The number of allylic oxidation sites excluding steroid dienone is 1. The Labute approximate surface area is 105 Å². The molecule has 2 atom stereocenters. The first-order valence-electron chi connectivity index (χ1n) is 7.57. The summed E-state index contributed by atoms with van der Waals surface area (Å²) in [4.78, 5) is 2.72. The molecule has 0 radical (unpaired) electrons. The van der Waals surface area contributed by atoms with E-state index in [-0.39, 0.29) is 0 Å². The molecule has 2 saturated heterocycles. The van der Waals surface area contributed by atoms with Gasteiger partial charge in [-0.1, -0.05) is 12.2 Å². The van der Waals surface area contributed by atoms with Crippen LogP contribution >= 0.6 is 0 Å². The van der Waals surface area contributed by atoms with E-state index in [0.29, 0.717) is 0 Å². The highest BCUT2D eigenvalue weighted by atomic mass is 15.2. The Balaban J connectivity index is 1.49. The van der Waals surface area contributed by atoms with Gasteiger partial charge in [-0.15, -0.1) is 0 Å². The molecule has 2 unspecified atom stereocenters. The van der Waals surface area contributed by atoms with E-state index in [1.807, 2.05) is 0 Å². The van der Waals surface area contributed by atoms with Crippen LogP contribution < -0.4 is 5.32 Å². The summed E-state index contributed by atoms with van der Waals surface area (Å²) in [5.74, 6) is 0.960. The molecule has 17 heavy (non-hydrogen) atoms. The van der Waals surface area contributed by atoms with Crippen molar-refractivity contribution in [3.63, 3.8) is 0 Å². The van der Waals surface area contributed by atoms with E-state index >= 15 is 0 Å². The van der Waals surface area contributed by atoms with Crippen LogP contribution in [-0.2, 0) is 0 Å². The van der Waals surface area contributed by atoms with Crippen molar-refractivity contribution in [2.45, 2.75) is 57.0 Å². The number of likely N-dealkylation sites (tertiary alicyclic amines) is 1. The molecule has 3 rings (SSSR count). The van der Waals surface area contributed by atoms with Gasteiger partial charge in [0.25, 0.3) is 0 Å². The molecule has 96 valence electrons. The lowest BCUT2D eigenvalue weighted by molar-refractivity contribution is 0.131. The van der Waals surface area contributed by atoms with Crippen molar-refractivity contribution in [1.82, 2.24) is 10.2 Å². The predicted molar refractivity (Wildman–Crippen MR) is 72.1 cm³/mol. The van der Waals surface area contributed by atoms with E-state index in [9.17, 15) is 0 Å². The second-order valence-corrected chi connectivity index (χ2v) is 6.00. The Morgan fingerprint density at radius 1 is 1.00 bits per heavy atom. The topological polar surface area (TPSA) is 15.3 Å². The molecule has 0 aromatic heterocycles. The molecule has 1 N–H and O–H groups in total. The smallest absolute Gasteiger partial charge is 0.0278 e. The number of piperidine rings is 1. The van der Waals surface area contributed by atoms with Crippen molar-refractivity contribution >= 4 is 0 Å². The zero-order valence-electron chi connectivity index (χ0n) is 10.9. The van der Waals surface area contributed by atoms with E-state index in [0.717, 1.165) is 18.0 Å². The first-order valence-corrected chi connectivity index (χ1v) is 7.57. The lowest BCUT2D eigenvalue weighted by atomic mass is 9.87. The molecule has 0 aromatic rings. The maximum Gasteiger partial charge on any atom is 0.0278 e. The van der Waals surface area contributed by atoms with Crippen molar-refractivity contribution in [1.29, 1.82) is 0 Å². The fraction of sp³-hybridized carbons (Fsp3) is 0.867. The Kier molecular flexibility index (Phi) is 3.82. The summed E-state index contributed by atoms with van der Waals surface area (Å²) in [5, 5.41) is 3.69. The van der Waals surface area contributed by atoms with E-state index in [4.69, 9.17) is 0 Å². The van der Waals surface area contributed by atoms with E-state index in [1.165, 1.54) is 64.6 Å². The van der Waals surface area contributed by atoms with Gasteiger partial charge in [0.1, 0.15) is 0 Å². The molecular weight excluding hydrogens is 208 g/mol. The molecule has 1 aliphatic carbocycles. The molecule has 3 aliphatic rings. The summed E-state index contributed by atoms with van der Waals surface area (Å²) in [6.07, 6.45) is 14.6. The highest BCUT2D eigenvalue weighted by Gasteiger charge is 2.30. The van der Waals surface area contributed by atoms with Crippen molar-refractivity contribution < 1.29 is 0 Å². The molecule has 2 fully saturated rings. The summed E-state index contributed by atoms with van der Waals surface area (Å²) in [6.45, 7) is 3.92. The van der Waals surface area contributed by atoms with Crippen molar-refractivity contribution in [2.75, 3.05) is 19.6 Å². The fourth-order valence-corrected chi connectivity index (χ4v) is 3.87. The Morgan fingerprint density at radius 2 is 1.88 bits per heavy atom. The largest absolute Gasteiger partial charge is 0.314 e. The predicted octanol–water partition coefficient (Wildman–Crippen LogP) is 2.56. The highest BCUT2D eigenvalue weighted by Crippen LogP contribution is 2.28. The molecule has 0 aromatic carbocycles. The van der Waals surface area contributed by atoms with Crippen molar-refractivity contribution in [3.05, 3.63) is 12.2 Å². The molecule has 0 bridgehead atoms. The molecule has 2 heterocycles. The Hall–Kier alpha value is -0.340. The van der Waals surface area contributed by atoms with Gasteiger partial charge in [-0.3, -0.25) is 4.90 Å². The van der Waals surface area contributed by atoms with Gasteiger partial charge in [0.2, 0.25) is 0 Å². The second-order valence-electron chi connectivity index (χ2n) is 6.00. The van der Waals surface area contributed by atoms with Gasteiger partial charge in [0.05, 0.1) is 0 Å². The average molecular weight is 234 g/mol. The summed E-state index contributed by atoms with van der Waals surface area (Å²) in [6, 6.07) is 1.61. The highest BCUT2D eigenvalue weighted by molar-refractivity contribution is 5.00. The van der Waals surface area contributed by atoms with E-state index in [2.05, 4.69) is 22.4 Å². The van der Waals surface area contributed by atoms with Gasteiger partial charge >= 0.3 is 0 Å². The minimum absolute atomic E-state index is 0.765. The van der Waals surface area contributed by atoms with Crippen LogP contribution in [0.15, 0.2) is 12.2 Å². The number of rotatable bonds is 2. The lowest BCUT2D eigenvalue weighted by Crippen LogP contribution is -2.44. The van der Waals surface area contributed by atoms with E-state index in [1.54, 1.807) is 0 Å². The summed E-state index contributed by atoms with van der Waals surface area (Å²) >= 11 is 0.